The number of alkyl halides is 1. The van der Waals surface area contributed by atoms with Gasteiger partial charge in [-0.3, -0.25) is 0 Å². The van der Waals surface area contributed by atoms with E-state index in [0.717, 1.165) is 33.4 Å². The minimum Gasteiger partial charge on any atom is -0.497 e. The van der Waals surface area contributed by atoms with E-state index in [9.17, 15) is 13.9 Å². The predicted octanol–water partition coefficient (Wildman–Crippen LogP) is 8.31. The molecule has 0 heterocycles. The fourth-order valence-corrected chi connectivity index (χ4v) is 4.51. The van der Waals surface area contributed by atoms with Crippen molar-refractivity contribution < 1.29 is 32.8 Å². The molecule has 0 fully saturated rings. The van der Waals surface area contributed by atoms with Crippen molar-refractivity contribution in [3.63, 3.8) is 0 Å². The van der Waals surface area contributed by atoms with Crippen LogP contribution in [0.2, 0.25) is 0 Å². The second-order valence-electron chi connectivity index (χ2n) is 9.24. The number of halogens is 3. The summed E-state index contributed by atoms with van der Waals surface area (Å²) in [5.41, 5.74) is 6.04. The number of hydrogen-bond acceptors (Lipinski definition) is 5. The van der Waals surface area contributed by atoms with Crippen LogP contribution in [0.4, 0.5) is 8.78 Å². The van der Waals surface area contributed by atoms with Gasteiger partial charge in [0.15, 0.2) is 0 Å². The molecule has 0 saturated carbocycles. The summed E-state index contributed by atoms with van der Waals surface area (Å²) in [6, 6.07) is 20.5. The maximum absolute atomic E-state index is 14.2. The first kappa shape index (κ1) is 33.0. The molecule has 0 aliphatic heterocycles. The van der Waals surface area contributed by atoms with Gasteiger partial charge in [-0.1, -0.05) is 36.4 Å². The molecule has 4 aromatic carbocycles. The van der Waals surface area contributed by atoms with Crippen molar-refractivity contribution in [3.8, 4) is 33.8 Å². The summed E-state index contributed by atoms with van der Waals surface area (Å²) in [6.45, 7) is 5.75. The summed E-state index contributed by atoms with van der Waals surface area (Å²) in [5.74, 6) is 1.03. The lowest BCUT2D eigenvalue weighted by Gasteiger charge is -2.13. The van der Waals surface area contributed by atoms with Gasteiger partial charge < -0.3 is 24.1 Å². The molecule has 0 atom stereocenters. The highest BCUT2D eigenvalue weighted by Gasteiger charge is 2.14. The van der Waals surface area contributed by atoms with E-state index in [2.05, 4.69) is 0 Å². The van der Waals surface area contributed by atoms with Gasteiger partial charge in [0, 0.05) is 30.2 Å². The van der Waals surface area contributed by atoms with Crippen LogP contribution >= 0.6 is 11.6 Å². The predicted molar refractivity (Wildman–Crippen MR) is 163 cm³/mol. The van der Waals surface area contributed by atoms with Crippen LogP contribution in [0.3, 0.4) is 0 Å². The molecule has 0 aliphatic carbocycles. The number of ether oxygens (including phenoxy) is 4. The van der Waals surface area contributed by atoms with Crippen molar-refractivity contribution in [2.75, 3.05) is 27.4 Å². The van der Waals surface area contributed by atoms with E-state index in [1.54, 1.807) is 50.6 Å². The zero-order chi connectivity index (χ0) is 30.5. The fourth-order valence-electron chi connectivity index (χ4n) is 4.34. The maximum atomic E-state index is 14.2. The first-order valence-corrected chi connectivity index (χ1v) is 14.2. The molecule has 0 amide bonds. The van der Waals surface area contributed by atoms with Crippen molar-refractivity contribution in [1.82, 2.24) is 0 Å². The van der Waals surface area contributed by atoms with Crippen LogP contribution in [0.5, 0.6) is 11.5 Å². The van der Waals surface area contributed by atoms with E-state index < -0.39 is 0 Å². The Bertz CT molecular complexity index is 1330. The highest BCUT2D eigenvalue weighted by molar-refractivity contribution is 6.17. The molecule has 1 N–H and O–H groups in total. The summed E-state index contributed by atoms with van der Waals surface area (Å²) < 4.78 is 49.5. The standard InChI is InChI=1S/C17H18ClFO2.C17H19FO3/c1-3-21-11-13-8-12(10-18)4-6-15(13)16-9-14(20-2)5-7-17(16)19;1-3-21-11-13-8-12(10-19)4-6-15(13)16-9-14(20-2)5-7-17(16)18/h4-9H,3,10-11H2,1-2H3;4-9,19H,3,10-11H2,1-2H3. The zero-order valence-corrected chi connectivity index (χ0v) is 25.1. The summed E-state index contributed by atoms with van der Waals surface area (Å²) >= 11 is 5.88. The van der Waals surface area contributed by atoms with Crippen molar-refractivity contribution >= 4 is 11.6 Å². The monoisotopic (exact) mass is 598 g/mol. The summed E-state index contributed by atoms with van der Waals surface area (Å²) in [4.78, 5) is 0. The highest BCUT2D eigenvalue weighted by Crippen LogP contribution is 2.32. The third-order valence-corrected chi connectivity index (χ3v) is 6.84. The normalized spacial score (nSPS) is 10.7. The maximum Gasteiger partial charge on any atom is 0.131 e. The Hall–Kier alpha value is -3.49. The summed E-state index contributed by atoms with van der Waals surface area (Å²) in [5, 5.41) is 9.25. The molecule has 0 saturated heterocycles. The van der Waals surface area contributed by atoms with E-state index in [0.29, 0.717) is 54.9 Å². The third-order valence-electron chi connectivity index (χ3n) is 6.53. The number of hydrogen-bond donors (Lipinski definition) is 1. The molecular formula is C34H37ClF2O5. The molecule has 0 radical (unpaired) electrons. The number of benzene rings is 4. The van der Waals surface area contributed by atoms with Crippen LogP contribution in [0, 0.1) is 11.6 Å². The molecular weight excluding hydrogens is 562 g/mol. The van der Waals surface area contributed by atoms with E-state index in [1.165, 1.54) is 12.1 Å². The molecule has 0 spiro atoms. The van der Waals surface area contributed by atoms with E-state index in [-0.39, 0.29) is 18.2 Å². The van der Waals surface area contributed by atoms with Crippen LogP contribution in [0.25, 0.3) is 22.3 Å². The molecule has 224 valence electrons. The first-order chi connectivity index (χ1) is 20.4. The SMILES string of the molecule is CCOCc1cc(CCl)ccc1-c1cc(OC)ccc1F.CCOCc1cc(CO)ccc1-c1cc(OC)ccc1F. The average molecular weight is 599 g/mol. The van der Waals surface area contributed by atoms with Crippen molar-refractivity contribution in [1.29, 1.82) is 0 Å². The van der Waals surface area contributed by atoms with E-state index in [1.807, 2.05) is 38.1 Å². The van der Waals surface area contributed by atoms with Gasteiger partial charge in [-0.25, -0.2) is 8.78 Å². The Kier molecular flexibility index (Phi) is 13.2. The Morgan fingerprint density at radius 2 is 1.07 bits per heavy atom. The molecule has 42 heavy (non-hydrogen) atoms. The third kappa shape index (κ3) is 8.76. The van der Waals surface area contributed by atoms with Crippen LogP contribution in [-0.2, 0) is 35.2 Å². The molecule has 5 nitrogen and oxygen atoms in total. The van der Waals surface area contributed by atoms with Gasteiger partial charge in [0.05, 0.1) is 34.0 Å². The number of aliphatic hydroxyl groups excluding tert-OH is 1. The number of aliphatic hydroxyl groups is 1. The van der Waals surface area contributed by atoms with E-state index in [4.69, 9.17) is 30.5 Å². The van der Waals surface area contributed by atoms with Gasteiger partial charge in [0.1, 0.15) is 23.1 Å². The summed E-state index contributed by atoms with van der Waals surface area (Å²) in [6.07, 6.45) is 0. The van der Waals surface area contributed by atoms with Crippen molar-refractivity contribution in [2.24, 2.45) is 0 Å². The van der Waals surface area contributed by atoms with Gasteiger partial charge in [0.2, 0.25) is 0 Å². The number of rotatable bonds is 12. The lowest BCUT2D eigenvalue weighted by Crippen LogP contribution is -1.99. The average Bonchev–Trinajstić information content (AvgIpc) is 3.03. The molecule has 0 bridgehead atoms. The van der Waals surface area contributed by atoms with Gasteiger partial charge in [0.25, 0.3) is 0 Å². The first-order valence-electron chi connectivity index (χ1n) is 13.6. The Morgan fingerprint density at radius 1 is 0.619 bits per heavy atom. The molecule has 0 unspecified atom stereocenters. The quantitative estimate of drug-likeness (QED) is 0.166. The van der Waals surface area contributed by atoms with Crippen LogP contribution in [0.15, 0.2) is 72.8 Å². The lowest BCUT2D eigenvalue weighted by molar-refractivity contribution is 0.134. The minimum atomic E-state index is -0.315. The van der Waals surface area contributed by atoms with Crippen LogP contribution in [-0.4, -0.2) is 32.5 Å². The van der Waals surface area contributed by atoms with Gasteiger partial charge >= 0.3 is 0 Å². The smallest absolute Gasteiger partial charge is 0.131 e. The Labute approximate surface area is 251 Å². The molecule has 4 rings (SSSR count). The van der Waals surface area contributed by atoms with Crippen LogP contribution in [0.1, 0.15) is 36.1 Å². The molecule has 4 aromatic rings. The zero-order valence-electron chi connectivity index (χ0n) is 24.4. The second kappa shape index (κ2) is 16.8. The van der Waals surface area contributed by atoms with Crippen molar-refractivity contribution in [2.45, 2.75) is 39.5 Å². The fraction of sp³-hybridized carbons (Fsp3) is 0.294. The van der Waals surface area contributed by atoms with E-state index >= 15 is 0 Å². The second-order valence-corrected chi connectivity index (χ2v) is 9.51. The van der Waals surface area contributed by atoms with Gasteiger partial charge in [-0.05, 0) is 83.6 Å². The Morgan fingerprint density at radius 3 is 1.48 bits per heavy atom. The van der Waals surface area contributed by atoms with Gasteiger partial charge in [-0.15, -0.1) is 11.6 Å². The van der Waals surface area contributed by atoms with Gasteiger partial charge in [-0.2, -0.15) is 0 Å². The summed E-state index contributed by atoms with van der Waals surface area (Å²) in [7, 11) is 3.11. The minimum absolute atomic E-state index is 0.0556. The molecule has 8 heteroatoms. The van der Waals surface area contributed by atoms with Crippen LogP contribution < -0.4 is 9.47 Å². The van der Waals surface area contributed by atoms with Crippen molar-refractivity contribution in [3.05, 3.63) is 107 Å². The molecule has 0 aromatic heterocycles. The molecule has 0 aliphatic rings. The topological polar surface area (TPSA) is 57.2 Å². The number of methoxy groups -OCH3 is 2. The highest BCUT2D eigenvalue weighted by atomic mass is 35.5. The largest absolute Gasteiger partial charge is 0.497 e. The Balaban J connectivity index is 0.000000230. The lowest BCUT2D eigenvalue weighted by atomic mass is 9.97.